The van der Waals surface area contributed by atoms with Gasteiger partial charge in [-0.05, 0) is 37.8 Å². The molecule has 0 saturated carbocycles. The molecule has 20 heavy (non-hydrogen) atoms. The summed E-state index contributed by atoms with van der Waals surface area (Å²) in [6.07, 6.45) is 1.71. The van der Waals surface area contributed by atoms with E-state index in [0.29, 0.717) is 6.54 Å². The summed E-state index contributed by atoms with van der Waals surface area (Å²) < 4.78 is 0. The van der Waals surface area contributed by atoms with Crippen LogP contribution in [0.1, 0.15) is 37.8 Å². The predicted octanol–water partition coefficient (Wildman–Crippen LogP) is 2.35. The molecule has 0 aliphatic carbocycles. The Hall–Kier alpha value is -1.55. The molecule has 0 aromatic heterocycles. The number of hydrogen-bond donors (Lipinski definition) is 3. The molecule has 4 N–H and O–H groups in total. The van der Waals surface area contributed by atoms with E-state index in [1.54, 1.807) is 0 Å². The molecule has 1 aromatic carbocycles. The van der Waals surface area contributed by atoms with Crippen molar-refractivity contribution in [1.82, 2.24) is 5.32 Å². The third-order valence-electron chi connectivity index (χ3n) is 3.95. The first-order valence-corrected chi connectivity index (χ1v) is 7.27. The fourth-order valence-corrected chi connectivity index (χ4v) is 2.10. The van der Waals surface area contributed by atoms with Crippen LogP contribution in [0.2, 0.25) is 0 Å². The maximum absolute atomic E-state index is 11.9. The smallest absolute Gasteiger partial charge is 0.239 e. The van der Waals surface area contributed by atoms with E-state index in [4.69, 9.17) is 5.73 Å². The highest BCUT2D eigenvalue weighted by Crippen LogP contribution is 2.18. The molecule has 112 valence electrons. The van der Waals surface area contributed by atoms with Crippen molar-refractivity contribution in [2.75, 3.05) is 18.4 Å². The van der Waals surface area contributed by atoms with E-state index < -0.39 is 0 Å². The third-order valence-corrected chi connectivity index (χ3v) is 3.95. The zero-order valence-corrected chi connectivity index (χ0v) is 13.0. The fraction of sp³-hybridized carbons (Fsp3) is 0.562. The number of hydrogen-bond acceptors (Lipinski definition) is 3. The van der Waals surface area contributed by atoms with Gasteiger partial charge in [0.2, 0.25) is 5.91 Å². The Labute approximate surface area is 122 Å². The molecule has 0 aliphatic rings. The summed E-state index contributed by atoms with van der Waals surface area (Å²) in [6.45, 7) is 8.95. The first-order chi connectivity index (χ1) is 9.41. The van der Waals surface area contributed by atoms with Gasteiger partial charge in [-0.15, -0.1) is 0 Å². The fourth-order valence-electron chi connectivity index (χ4n) is 2.10. The van der Waals surface area contributed by atoms with Crippen LogP contribution in [0.25, 0.3) is 0 Å². The van der Waals surface area contributed by atoms with Crippen molar-refractivity contribution >= 4 is 11.6 Å². The molecule has 4 heteroatoms. The van der Waals surface area contributed by atoms with Crippen molar-refractivity contribution < 1.29 is 4.79 Å². The normalized spacial score (nSPS) is 11.2. The molecule has 0 saturated heterocycles. The van der Waals surface area contributed by atoms with E-state index in [1.807, 2.05) is 45.9 Å². The molecule has 0 bridgehead atoms. The van der Waals surface area contributed by atoms with E-state index in [9.17, 15) is 4.79 Å². The lowest BCUT2D eigenvalue weighted by Crippen LogP contribution is -2.50. The second-order valence-corrected chi connectivity index (χ2v) is 5.47. The highest BCUT2D eigenvalue weighted by molar-refractivity contribution is 5.81. The average Bonchev–Trinajstić information content (AvgIpc) is 2.44. The summed E-state index contributed by atoms with van der Waals surface area (Å²) in [5, 5.41) is 6.11. The van der Waals surface area contributed by atoms with Crippen LogP contribution >= 0.6 is 0 Å². The van der Waals surface area contributed by atoms with Gasteiger partial charge >= 0.3 is 0 Å². The van der Waals surface area contributed by atoms with Crippen LogP contribution in [0.15, 0.2) is 18.2 Å². The Kier molecular flexibility index (Phi) is 6.02. The Bertz CT molecular complexity index is 433. The molecule has 0 radical (unpaired) electrons. The minimum Gasteiger partial charge on any atom is -0.376 e. The van der Waals surface area contributed by atoms with Gasteiger partial charge in [0.1, 0.15) is 0 Å². The van der Waals surface area contributed by atoms with Crippen LogP contribution in [0.5, 0.6) is 0 Å². The van der Waals surface area contributed by atoms with Crippen LogP contribution in [0.4, 0.5) is 5.69 Å². The lowest BCUT2D eigenvalue weighted by Gasteiger charge is -2.26. The molecule has 0 unspecified atom stereocenters. The molecule has 1 rings (SSSR count). The zero-order chi connectivity index (χ0) is 15.2. The summed E-state index contributed by atoms with van der Waals surface area (Å²) in [4.78, 5) is 11.9. The van der Waals surface area contributed by atoms with Gasteiger partial charge < -0.3 is 16.4 Å². The van der Waals surface area contributed by atoms with Crippen molar-refractivity contribution in [3.8, 4) is 0 Å². The Balaban J connectivity index is 2.48. The minimum atomic E-state index is -0.297. The highest BCUT2D eigenvalue weighted by Gasteiger charge is 2.20. The monoisotopic (exact) mass is 277 g/mol. The number of nitrogens with one attached hydrogen (secondary N) is 2. The number of aryl methyl sites for hydroxylation is 2. The Morgan fingerprint density at radius 2 is 1.75 bits per heavy atom. The first-order valence-electron chi connectivity index (χ1n) is 7.27. The largest absolute Gasteiger partial charge is 0.376 e. The third kappa shape index (κ3) is 4.53. The van der Waals surface area contributed by atoms with Crippen molar-refractivity contribution in [3.63, 3.8) is 0 Å². The van der Waals surface area contributed by atoms with Gasteiger partial charge in [-0.2, -0.15) is 0 Å². The van der Waals surface area contributed by atoms with E-state index in [1.165, 1.54) is 0 Å². The lowest BCUT2D eigenvalue weighted by atomic mass is 9.94. The van der Waals surface area contributed by atoms with Gasteiger partial charge in [0.15, 0.2) is 0 Å². The number of nitrogens with two attached hydrogens (primary N) is 1. The van der Waals surface area contributed by atoms with Gasteiger partial charge in [0.05, 0.1) is 6.54 Å². The van der Waals surface area contributed by atoms with Crippen LogP contribution in [-0.4, -0.2) is 24.5 Å². The van der Waals surface area contributed by atoms with E-state index in [-0.39, 0.29) is 18.0 Å². The average molecular weight is 277 g/mol. The molecule has 1 aromatic rings. The molecule has 4 nitrogen and oxygen atoms in total. The van der Waals surface area contributed by atoms with Gasteiger partial charge in [-0.1, -0.05) is 32.0 Å². The van der Waals surface area contributed by atoms with Crippen LogP contribution in [-0.2, 0) is 4.79 Å². The van der Waals surface area contributed by atoms with Crippen molar-refractivity contribution in [2.45, 2.75) is 46.1 Å². The standard InChI is InChI=1S/C16H27N3O/c1-5-16(17,6-2)11-19-14(20)10-18-15-12(3)8-7-9-13(15)4/h7-9,18H,5-6,10-11,17H2,1-4H3,(H,19,20). The summed E-state index contributed by atoms with van der Waals surface area (Å²) in [5.74, 6) is -0.0237. The van der Waals surface area contributed by atoms with Crippen LogP contribution in [0.3, 0.4) is 0 Å². The van der Waals surface area contributed by atoms with Crippen LogP contribution < -0.4 is 16.4 Å². The quantitative estimate of drug-likeness (QED) is 0.716. The van der Waals surface area contributed by atoms with E-state index in [0.717, 1.165) is 29.7 Å². The second kappa shape index (κ2) is 7.29. The van der Waals surface area contributed by atoms with E-state index in [2.05, 4.69) is 10.6 Å². The maximum Gasteiger partial charge on any atom is 0.239 e. The Morgan fingerprint density at radius 3 is 2.25 bits per heavy atom. The van der Waals surface area contributed by atoms with Gasteiger partial charge in [-0.3, -0.25) is 4.79 Å². The molecule has 0 aliphatic heterocycles. The van der Waals surface area contributed by atoms with Gasteiger partial charge in [0, 0.05) is 17.8 Å². The summed E-state index contributed by atoms with van der Waals surface area (Å²) in [6, 6.07) is 6.08. The molecule has 0 spiro atoms. The molecule has 1 amide bonds. The molecule has 0 atom stereocenters. The number of amides is 1. The number of carbonyl (C=O) groups excluding carboxylic acids is 1. The van der Waals surface area contributed by atoms with Crippen LogP contribution in [0, 0.1) is 13.8 Å². The highest BCUT2D eigenvalue weighted by atomic mass is 16.1. The predicted molar refractivity (Wildman–Crippen MR) is 84.9 cm³/mol. The zero-order valence-electron chi connectivity index (χ0n) is 13.0. The first kappa shape index (κ1) is 16.5. The molecule has 0 heterocycles. The Morgan fingerprint density at radius 1 is 1.20 bits per heavy atom. The van der Waals surface area contributed by atoms with Gasteiger partial charge in [-0.25, -0.2) is 0 Å². The number of benzene rings is 1. The number of para-hydroxylation sites is 1. The topological polar surface area (TPSA) is 67.1 Å². The van der Waals surface area contributed by atoms with Crippen molar-refractivity contribution in [2.24, 2.45) is 5.73 Å². The number of rotatable bonds is 7. The molecular weight excluding hydrogens is 250 g/mol. The molecular formula is C16H27N3O. The van der Waals surface area contributed by atoms with Gasteiger partial charge in [0.25, 0.3) is 0 Å². The summed E-state index contributed by atoms with van der Waals surface area (Å²) in [5.41, 5.74) is 9.20. The van der Waals surface area contributed by atoms with Crippen molar-refractivity contribution in [1.29, 1.82) is 0 Å². The molecule has 0 fully saturated rings. The van der Waals surface area contributed by atoms with E-state index >= 15 is 0 Å². The second-order valence-electron chi connectivity index (χ2n) is 5.47. The number of carbonyl (C=O) groups is 1. The maximum atomic E-state index is 11.9. The lowest BCUT2D eigenvalue weighted by molar-refractivity contribution is -0.119. The summed E-state index contributed by atoms with van der Waals surface area (Å²) >= 11 is 0. The number of anilines is 1. The van der Waals surface area contributed by atoms with Crippen molar-refractivity contribution in [3.05, 3.63) is 29.3 Å². The SMILES string of the molecule is CCC(N)(CC)CNC(=O)CNc1c(C)cccc1C. The summed E-state index contributed by atoms with van der Waals surface area (Å²) in [7, 11) is 0. The minimum absolute atomic E-state index is 0.0237.